The zero-order valence-corrected chi connectivity index (χ0v) is 21.8. The summed E-state index contributed by atoms with van der Waals surface area (Å²) in [6, 6.07) is 8.58. The molecule has 11 heteroatoms. The molecule has 38 heavy (non-hydrogen) atoms. The molecule has 0 spiro atoms. The molecule has 3 aliphatic heterocycles. The molecular formula is C27H29ClFN5O4. The monoisotopic (exact) mass is 541 g/mol. The molecule has 9 nitrogen and oxygen atoms in total. The molecule has 3 fully saturated rings. The molecule has 1 N–H and O–H groups in total. The molecule has 2 amide bonds. The average molecular weight is 542 g/mol. The van der Waals surface area contributed by atoms with Crippen molar-refractivity contribution in [2.45, 2.75) is 43.9 Å². The normalized spacial score (nSPS) is 21.6. The molecule has 4 heterocycles. The van der Waals surface area contributed by atoms with Crippen molar-refractivity contribution in [2.75, 3.05) is 38.7 Å². The molecule has 0 radical (unpaired) electrons. The lowest BCUT2D eigenvalue weighted by Gasteiger charge is -2.40. The Kier molecular flexibility index (Phi) is 6.84. The quantitative estimate of drug-likeness (QED) is 0.486. The fourth-order valence-corrected chi connectivity index (χ4v) is 5.76. The van der Waals surface area contributed by atoms with Crippen molar-refractivity contribution in [2.24, 2.45) is 0 Å². The standard InChI is InChI=1S/C27H29ClFN5O4/c1-36-24-12-23-20(26(31-15-30-23)32-16-2-5-22(29)21(28)10-16)11-25(24)38-19-6-8-33(9-7-19)27(35)34-17-3-4-18(34)14-37-13-17/h2,5,10-12,15,17-19H,3-4,6-9,13-14H2,1H3,(H,30,31,32). The van der Waals surface area contributed by atoms with E-state index in [0.717, 1.165) is 31.1 Å². The van der Waals surface area contributed by atoms with E-state index in [4.69, 9.17) is 25.8 Å². The number of carbonyl (C=O) groups is 1. The molecule has 3 saturated heterocycles. The molecule has 3 aliphatic rings. The van der Waals surface area contributed by atoms with Crippen molar-refractivity contribution in [1.29, 1.82) is 0 Å². The summed E-state index contributed by atoms with van der Waals surface area (Å²) in [5.41, 5.74) is 1.26. The van der Waals surface area contributed by atoms with Crippen molar-refractivity contribution in [3.8, 4) is 11.5 Å². The number of nitrogens with one attached hydrogen (secondary N) is 1. The van der Waals surface area contributed by atoms with Gasteiger partial charge in [0.05, 0.1) is 42.9 Å². The Morgan fingerprint density at radius 2 is 1.84 bits per heavy atom. The predicted octanol–water partition coefficient (Wildman–Crippen LogP) is 5.00. The molecule has 3 aromatic rings. The van der Waals surface area contributed by atoms with Gasteiger partial charge in [0.15, 0.2) is 11.5 Å². The van der Waals surface area contributed by atoms with Crippen LogP contribution in [-0.4, -0.2) is 77.4 Å². The minimum absolute atomic E-state index is 0.0187. The SMILES string of the molecule is COc1cc2ncnc(Nc3ccc(F)c(Cl)c3)c2cc1OC1CCN(C(=O)N2C3CCC2COC3)CC1. The third-order valence-electron chi connectivity index (χ3n) is 7.57. The number of fused-ring (bicyclic) bond motifs is 3. The highest BCUT2D eigenvalue weighted by molar-refractivity contribution is 6.31. The van der Waals surface area contributed by atoms with Crippen LogP contribution in [0.1, 0.15) is 25.7 Å². The van der Waals surface area contributed by atoms with Gasteiger partial charge in [-0.2, -0.15) is 0 Å². The molecule has 0 aliphatic carbocycles. The van der Waals surface area contributed by atoms with Gasteiger partial charge in [0.25, 0.3) is 0 Å². The minimum Gasteiger partial charge on any atom is -0.493 e. The molecule has 1 aromatic heterocycles. The van der Waals surface area contributed by atoms with Crippen molar-refractivity contribution >= 4 is 40.0 Å². The van der Waals surface area contributed by atoms with Crippen LogP contribution in [0.25, 0.3) is 10.9 Å². The lowest BCUT2D eigenvalue weighted by atomic mass is 10.1. The number of hydrogen-bond donors (Lipinski definition) is 1. The van der Waals surface area contributed by atoms with Crippen LogP contribution < -0.4 is 14.8 Å². The highest BCUT2D eigenvalue weighted by Gasteiger charge is 2.42. The number of benzene rings is 2. The van der Waals surface area contributed by atoms with E-state index in [2.05, 4.69) is 15.3 Å². The third kappa shape index (κ3) is 4.78. The smallest absolute Gasteiger partial charge is 0.320 e. The van der Waals surface area contributed by atoms with Crippen molar-refractivity contribution < 1.29 is 23.4 Å². The van der Waals surface area contributed by atoms with Crippen LogP contribution in [-0.2, 0) is 4.74 Å². The number of ether oxygens (including phenoxy) is 3. The fourth-order valence-electron chi connectivity index (χ4n) is 5.57. The Bertz CT molecular complexity index is 1340. The van der Waals surface area contributed by atoms with E-state index in [1.54, 1.807) is 13.2 Å². The van der Waals surface area contributed by atoms with Gasteiger partial charge in [0.2, 0.25) is 0 Å². The Hall–Kier alpha value is -3.37. The molecule has 2 bridgehead atoms. The predicted molar refractivity (Wildman–Crippen MR) is 141 cm³/mol. The lowest BCUT2D eigenvalue weighted by Crippen LogP contribution is -2.56. The number of hydrogen-bond acceptors (Lipinski definition) is 7. The number of anilines is 2. The average Bonchev–Trinajstić information content (AvgIpc) is 3.18. The van der Waals surface area contributed by atoms with Gasteiger partial charge in [0, 0.05) is 43.1 Å². The number of aromatic nitrogens is 2. The van der Waals surface area contributed by atoms with E-state index >= 15 is 0 Å². The van der Waals surface area contributed by atoms with Crippen LogP contribution >= 0.6 is 11.6 Å². The first-order valence-corrected chi connectivity index (χ1v) is 13.2. The van der Waals surface area contributed by atoms with Crippen LogP contribution in [0, 0.1) is 5.82 Å². The second kappa shape index (κ2) is 10.4. The summed E-state index contributed by atoms with van der Waals surface area (Å²) in [5, 5.41) is 3.93. The molecular weight excluding hydrogens is 513 g/mol. The molecule has 6 rings (SSSR count). The number of methoxy groups -OCH3 is 1. The van der Waals surface area contributed by atoms with Crippen LogP contribution in [0.15, 0.2) is 36.7 Å². The Balaban J connectivity index is 1.17. The number of halogens is 2. The van der Waals surface area contributed by atoms with Gasteiger partial charge in [0.1, 0.15) is 24.1 Å². The number of urea groups is 1. The van der Waals surface area contributed by atoms with Crippen LogP contribution in [0.5, 0.6) is 11.5 Å². The van der Waals surface area contributed by atoms with Crippen LogP contribution in [0.4, 0.5) is 20.7 Å². The lowest BCUT2D eigenvalue weighted by molar-refractivity contribution is -0.00587. The van der Waals surface area contributed by atoms with Gasteiger partial charge in [-0.3, -0.25) is 0 Å². The first kappa shape index (κ1) is 24.9. The third-order valence-corrected chi connectivity index (χ3v) is 7.86. The van der Waals surface area contributed by atoms with E-state index in [0.29, 0.717) is 54.8 Å². The van der Waals surface area contributed by atoms with Crippen molar-refractivity contribution in [3.63, 3.8) is 0 Å². The maximum atomic E-state index is 13.6. The van der Waals surface area contributed by atoms with Crippen molar-refractivity contribution in [1.82, 2.24) is 19.8 Å². The molecule has 2 atom stereocenters. The Morgan fingerprint density at radius 1 is 1.08 bits per heavy atom. The van der Waals surface area contributed by atoms with E-state index in [9.17, 15) is 9.18 Å². The number of piperidine rings is 1. The van der Waals surface area contributed by atoms with Gasteiger partial charge in [-0.05, 0) is 37.1 Å². The van der Waals surface area contributed by atoms with Gasteiger partial charge in [-0.1, -0.05) is 11.6 Å². The fraction of sp³-hybridized carbons (Fsp3) is 0.444. The highest BCUT2D eigenvalue weighted by atomic mass is 35.5. The Morgan fingerprint density at radius 3 is 2.55 bits per heavy atom. The number of carbonyl (C=O) groups excluding carboxylic acids is 1. The summed E-state index contributed by atoms with van der Waals surface area (Å²) in [5.74, 6) is 1.18. The number of rotatable bonds is 5. The second-order valence-corrected chi connectivity index (χ2v) is 10.3. The minimum atomic E-state index is -0.491. The summed E-state index contributed by atoms with van der Waals surface area (Å²) in [6.07, 6.45) is 4.86. The summed E-state index contributed by atoms with van der Waals surface area (Å²) >= 11 is 5.95. The topological polar surface area (TPSA) is 89.1 Å². The first-order valence-electron chi connectivity index (χ1n) is 12.9. The second-order valence-electron chi connectivity index (χ2n) is 9.91. The maximum absolute atomic E-state index is 13.6. The highest BCUT2D eigenvalue weighted by Crippen LogP contribution is 2.37. The molecule has 2 unspecified atom stereocenters. The summed E-state index contributed by atoms with van der Waals surface area (Å²) in [7, 11) is 1.59. The number of amides is 2. The summed E-state index contributed by atoms with van der Waals surface area (Å²) < 4.78 is 31.2. The number of nitrogens with zero attached hydrogens (tertiary/aromatic N) is 4. The largest absolute Gasteiger partial charge is 0.493 e. The zero-order chi connectivity index (χ0) is 26.2. The first-order chi connectivity index (χ1) is 18.5. The summed E-state index contributed by atoms with van der Waals surface area (Å²) in [4.78, 5) is 26.0. The van der Waals surface area contributed by atoms with Gasteiger partial charge in [-0.25, -0.2) is 19.2 Å². The van der Waals surface area contributed by atoms with Gasteiger partial charge >= 0.3 is 6.03 Å². The van der Waals surface area contributed by atoms with E-state index in [1.165, 1.54) is 18.5 Å². The number of morpholine rings is 1. The molecule has 0 saturated carbocycles. The van der Waals surface area contributed by atoms with Gasteiger partial charge in [-0.15, -0.1) is 0 Å². The van der Waals surface area contributed by atoms with E-state index in [1.807, 2.05) is 21.9 Å². The summed E-state index contributed by atoms with van der Waals surface area (Å²) in [6.45, 7) is 2.55. The molecule has 2 aromatic carbocycles. The van der Waals surface area contributed by atoms with Crippen LogP contribution in [0.2, 0.25) is 5.02 Å². The maximum Gasteiger partial charge on any atom is 0.320 e. The molecule has 200 valence electrons. The van der Waals surface area contributed by atoms with E-state index < -0.39 is 5.82 Å². The van der Waals surface area contributed by atoms with Gasteiger partial charge < -0.3 is 29.3 Å². The Labute approximate surface area is 224 Å². The van der Waals surface area contributed by atoms with E-state index in [-0.39, 0.29) is 29.2 Å². The number of likely N-dealkylation sites (tertiary alicyclic amines) is 1. The van der Waals surface area contributed by atoms with Crippen LogP contribution in [0.3, 0.4) is 0 Å². The zero-order valence-electron chi connectivity index (χ0n) is 21.0. The van der Waals surface area contributed by atoms with Crippen molar-refractivity contribution in [3.05, 3.63) is 47.5 Å².